The maximum atomic E-state index is 12.5. The molecule has 1 aromatic carbocycles. The molecule has 0 aliphatic rings. The minimum atomic E-state index is -0.588. The molecule has 0 aliphatic carbocycles. The van der Waals surface area contributed by atoms with E-state index in [-0.39, 0.29) is 18.9 Å². The van der Waals surface area contributed by atoms with Crippen LogP contribution in [0, 0.1) is 11.5 Å². The Hall–Kier alpha value is -3.41. The average Bonchev–Trinajstić information content (AvgIpc) is 3.13. The molecule has 0 spiro atoms. The summed E-state index contributed by atoms with van der Waals surface area (Å²) in [5.41, 5.74) is 1.45. The van der Waals surface area contributed by atoms with Gasteiger partial charge >= 0.3 is 12.0 Å². The lowest BCUT2D eigenvalue weighted by atomic mass is 10.1. The molecule has 0 aliphatic heterocycles. The fraction of sp³-hybridized carbons (Fsp3) is 0.450. The van der Waals surface area contributed by atoms with E-state index in [0.717, 1.165) is 16.9 Å². The lowest BCUT2D eigenvalue weighted by molar-refractivity contribution is 0.0528. The van der Waals surface area contributed by atoms with Gasteiger partial charge in [-0.3, -0.25) is 9.89 Å². The predicted octanol–water partition coefficient (Wildman–Crippen LogP) is 2.56. The van der Waals surface area contributed by atoms with Crippen LogP contribution in [0.25, 0.3) is 0 Å². The number of nitrogens with one attached hydrogen (secondary N) is 2. The summed E-state index contributed by atoms with van der Waals surface area (Å²) in [4.78, 5) is 29.3. The molecule has 154 valence electrons. The van der Waals surface area contributed by atoms with Crippen LogP contribution in [0.5, 0.6) is 0 Å². The number of aryl methyl sites for hydroxylation is 1. The van der Waals surface area contributed by atoms with Crippen molar-refractivity contribution in [2.75, 3.05) is 6.54 Å². The van der Waals surface area contributed by atoms with Gasteiger partial charge in [0.25, 0.3) is 0 Å². The number of amides is 2. The molecule has 29 heavy (non-hydrogen) atoms. The molecule has 9 nitrogen and oxygen atoms in total. The van der Waals surface area contributed by atoms with Gasteiger partial charge in [-0.05, 0) is 38.3 Å². The number of rotatable bonds is 7. The van der Waals surface area contributed by atoms with E-state index in [0.29, 0.717) is 12.2 Å². The van der Waals surface area contributed by atoms with Crippen molar-refractivity contribution in [3.63, 3.8) is 0 Å². The number of aromatic nitrogens is 3. The van der Waals surface area contributed by atoms with Gasteiger partial charge in [0, 0.05) is 13.0 Å². The lowest BCUT2D eigenvalue weighted by Crippen LogP contribution is -2.33. The zero-order valence-corrected chi connectivity index (χ0v) is 17.2. The predicted molar refractivity (Wildman–Crippen MR) is 106 cm³/mol. The number of nitrogens with zero attached hydrogens (tertiary/aromatic N) is 4. The number of benzene rings is 1. The molecule has 2 amide bonds. The second-order valence-corrected chi connectivity index (χ2v) is 7.45. The highest BCUT2D eigenvalue weighted by molar-refractivity contribution is 5.91. The molecule has 0 bridgehead atoms. The van der Waals surface area contributed by atoms with Gasteiger partial charge in [0.2, 0.25) is 5.82 Å². The van der Waals surface area contributed by atoms with E-state index >= 15 is 0 Å². The quantitative estimate of drug-likeness (QED) is 0.546. The average molecular weight is 398 g/mol. The summed E-state index contributed by atoms with van der Waals surface area (Å²) in [5, 5.41) is 18.5. The fourth-order valence-electron chi connectivity index (χ4n) is 2.44. The first-order valence-electron chi connectivity index (χ1n) is 9.39. The number of alkyl carbamates (subject to hydrolysis) is 1. The van der Waals surface area contributed by atoms with Crippen molar-refractivity contribution in [3.05, 3.63) is 47.0 Å². The van der Waals surface area contributed by atoms with Crippen LogP contribution in [0.3, 0.4) is 0 Å². The van der Waals surface area contributed by atoms with E-state index < -0.39 is 17.6 Å². The van der Waals surface area contributed by atoms with Gasteiger partial charge in [-0.25, -0.2) is 14.7 Å². The summed E-state index contributed by atoms with van der Waals surface area (Å²) in [6, 6.07) is 7.72. The van der Waals surface area contributed by atoms with Gasteiger partial charge in [0.05, 0.1) is 6.54 Å². The summed E-state index contributed by atoms with van der Waals surface area (Å²) in [6.45, 7) is 7.80. The molecule has 0 atom stereocenters. The molecule has 2 rings (SSSR count). The molecule has 0 saturated heterocycles. The summed E-state index contributed by atoms with van der Waals surface area (Å²) in [5.74, 6) is -0.256. The summed E-state index contributed by atoms with van der Waals surface area (Å²) in [6.07, 6.45) is 2.61. The van der Waals surface area contributed by atoms with Crippen molar-refractivity contribution in [2.24, 2.45) is 0 Å². The van der Waals surface area contributed by atoms with E-state index in [9.17, 15) is 14.9 Å². The van der Waals surface area contributed by atoms with Crippen LogP contribution in [0.2, 0.25) is 0 Å². The minimum absolute atomic E-state index is 0.0935. The van der Waals surface area contributed by atoms with Gasteiger partial charge in [-0.1, -0.05) is 31.2 Å². The van der Waals surface area contributed by atoms with Gasteiger partial charge in [-0.15, -0.1) is 5.10 Å². The first kappa shape index (κ1) is 21.9. The Balaban J connectivity index is 1.91. The first-order chi connectivity index (χ1) is 13.7. The Labute approximate surface area is 170 Å². The Kier molecular flexibility index (Phi) is 7.31. The maximum Gasteiger partial charge on any atom is 0.407 e. The lowest BCUT2D eigenvalue weighted by Gasteiger charge is -2.19. The second-order valence-electron chi connectivity index (χ2n) is 7.45. The first-order valence-corrected chi connectivity index (χ1v) is 9.39. The number of hydrogen-bond donors (Lipinski definition) is 2. The summed E-state index contributed by atoms with van der Waals surface area (Å²) in [7, 11) is 0. The van der Waals surface area contributed by atoms with E-state index in [4.69, 9.17) is 4.74 Å². The number of aromatic amines is 1. The molecule has 1 aromatic heterocycles. The van der Waals surface area contributed by atoms with E-state index in [2.05, 4.69) is 27.4 Å². The molecular weight excluding hydrogens is 372 g/mol. The van der Waals surface area contributed by atoms with Crippen LogP contribution >= 0.6 is 0 Å². The van der Waals surface area contributed by atoms with Crippen LogP contribution in [0.1, 0.15) is 55.3 Å². The molecule has 1 heterocycles. The highest BCUT2D eigenvalue weighted by Crippen LogP contribution is 2.10. The van der Waals surface area contributed by atoms with E-state index in [1.807, 2.05) is 30.5 Å². The number of nitriles is 1. The van der Waals surface area contributed by atoms with Gasteiger partial charge < -0.3 is 10.1 Å². The highest BCUT2D eigenvalue weighted by atomic mass is 16.6. The monoisotopic (exact) mass is 398 g/mol. The Morgan fingerprint density at radius 3 is 2.48 bits per heavy atom. The largest absolute Gasteiger partial charge is 0.444 e. The zero-order valence-electron chi connectivity index (χ0n) is 17.2. The highest BCUT2D eigenvalue weighted by Gasteiger charge is 2.21. The van der Waals surface area contributed by atoms with Crippen molar-refractivity contribution in [1.29, 1.82) is 5.26 Å². The number of ether oxygens (including phenoxy) is 1. The molecule has 2 N–H and O–H groups in total. The Morgan fingerprint density at radius 2 is 1.90 bits per heavy atom. The summed E-state index contributed by atoms with van der Waals surface area (Å²) >= 11 is 0. The van der Waals surface area contributed by atoms with Gasteiger partial charge in [-0.2, -0.15) is 5.26 Å². The van der Waals surface area contributed by atoms with Gasteiger partial charge in [0.15, 0.2) is 6.19 Å². The van der Waals surface area contributed by atoms with Crippen molar-refractivity contribution < 1.29 is 14.3 Å². The number of carbonyl (C=O) groups is 2. The van der Waals surface area contributed by atoms with Crippen molar-refractivity contribution in [3.8, 4) is 6.19 Å². The van der Waals surface area contributed by atoms with Crippen LogP contribution < -0.4 is 5.32 Å². The number of H-pyrrole nitrogens is 1. The second kappa shape index (κ2) is 9.68. The van der Waals surface area contributed by atoms with Crippen molar-refractivity contribution in [1.82, 2.24) is 25.4 Å². The third kappa shape index (κ3) is 6.92. The SMILES string of the molecule is CCc1ccc(CN(C#N)C(=O)c2n[nH]c(CCNC(=O)OC(C)(C)C)n2)cc1. The molecule has 0 saturated carbocycles. The van der Waals surface area contributed by atoms with Crippen LogP contribution in [0.15, 0.2) is 24.3 Å². The Bertz CT molecular complexity index is 877. The molecule has 2 aromatic rings. The van der Waals surface area contributed by atoms with Crippen LogP contribution in [-0.4, -0.2) is 44.2 Å². The van der Waals surface area contributed by atoms with Crippen molar-refractivity contribution >= 4 is 12.0 Å². The maximum absolute atomic E-state index is 12.5. The summed E-state index contributed by atoms with van der Waals surface area (Å²) < 4.78 is 5.14. The third-order valence-electron chi connectivity index (χ3n) is 3.89. The Morgan fingerprint density at radius 1 is 1.24 bits per heavy atom. The topological polar surface area (TPSA) is 124 Å². The molecule has 0 fully saturated rings. The standard InChI is InChI=1S/C20H26N6O3/c1-5-14-6-8-15(9-7-14)12-26(13-21)18(27)17-23-16(24-25-17)10-11-22-19(28)29-20(2,3)4/h6-9H,5,10-12H2,1-4H3,(H,22,28)(H,23,24,25). The molecule has 0 unspecified atom stereocenters. The van der Waals surface area contributed by atoms with E-state index in [1.54, 1.807) is 20.8 Å². The smallest absolute Gasteiger partial charge is 0.407 e. The molecule has 9 heteroatoms. The van der Waals surface area contributed by atoms with Gasteiger partial charge in [0.1, 0.15) is 11.4 Å². The number of hydrogen-bond acceptors (Lipinski definition) is 6. The van der Waals surface area contributed by atoms with Crippen LogP contribution in [0.4, 0.5) is 4.79 Å². The molecule has 0 radical (unpaired) electrons. The number of carbonyl (C=O) groups excluding carboxylic acids is 2. The minimum Gasteiger partial charge on any atom is -0.444 e. The molecular formula is C20H26N6O3. The van der Waals surface area contributed by atoms with Crippen molar-refractivity contribution in [2.45, 2.75) is 52.7 Å². The fourth-order valence-corrected chi connectivity index (χ4v) is 2.44. The normalized spacial score (nSPS) is 10.9. The van der Waals surface area contributed by atoms with E-state index in [1.165, 1.54) is 5.56 Å². The van der Waals surface area contributed by atoms with Crippen LogP contribution in [-0.2, 0) is 24.1 Å². The third-order valence-corrected chi connectivity index (χ3v) is 3.89. The zero-order chi connectivity index (χ0) is 21.4.